The van der Waals surface area contributed by atoms with Crippen molar-refractivity contribution in [2.45, 2.75) is 123 Å². The molecule has 0 aromatic rings. The second kappa shape index (κ2) is 14.9. The molecule has 1 saturated carbocycles. The normalized spacial score (nSPS) is 33.1. The monoisotopic (exact) mass is 516 g/mol. The molecule has 7 atom stereocenters. The summed E-state index contributed by atoms with van der Waals surface area (Å²) in [5.41, 5.74) is 2.81. The van der Waals surface area contributed by atoms with E-state index in [9.17, 15) is 5.11 Å². The predicted molar refractivity (Wildman–Crippen MR) is 148 cm³/mol. The van der Waals surface area contributed by atoms with Crippen molar-refractivity contribution in [1.82, 2.24) is 0 Å². The average molecular weight is 517 g/mol. The summed E-state index contributed by atoms with van der Waals surface area (Å²) < 4.78 is 25.5. The van der Waals surface area contributed by atoms with E-state index in [0.717, 1.165) is 83.2 Å². The highest BCUT2D eigenvalue weighted by atomic mass is 16.7. The van der Waals surface area contributed by atoms with Crippen molar-refractivity contribution in [2.24, 2.45) is 23.7 Å². The van der Waals surface area contributed by atoms with Gasteiger partial charge in [0, 0.05) is 25.6 Å². The Bertz CT molecular complexity index is 770. The highest BCUT2D eigenvalue weighted by Gasteiger charge is 2.49. The van der Waals surface area contributed by atoms with Crippen LogP contribution >= 0.6 is 0 Å². The standard InChI is InChI=1S/C32H52O5/c1-23(2)10-8-11-24(3)12-9-13-28(36-30-14-4-6-18-34-30)32-27-21-25(16-17-33)20-26(27)22-29(32)37-31-15-5-7-19-35-31/h10,13,20,24,26-27,29-33H,4-9,11-12,14-19,21-22H2,1-3H3/t24-,26-,27-,29+,30?,31?,32-/m1/s1. The van der Waals surface area contributed by atoms with Crippen molar-refractivity contribution in [2.75, 3.05) is 19.8 Å². The zero-order valence-electron chi connectivity index (χ0n) is 23.7. The van der Waals surface area contributed by atoms with Crippen LogP contribution in [0.25, 0.3) is 0 Å². The molecular weight excluding hydrogens is 464 g/mol. The molecule has 4 aliphatic rings. The van der Waals surface area contributed by atoms with Gasteiger partial charge in [0.25, 0.3) is 0 Å². The van der Waals surface area contributed by atoms with Gasteiger partial charge in [-0.25, -0.2) is 0 Å². The van der Waals surface area contributed by atoms with E-state index >= 15 is 0 Å². The number of rotatable bonds is 13. The van der Waals surface area contributed by atoms with E-state index in [1.165, 1.54) is 30.4 Å². The van der Waals surface area contributed by atoms with Crippen molar-refractivity contribution in [1.29, 1.82) is 0 Å². The minimum Gasteiger partial charge on any atom is -0.469 e. The van der Waals surface area contributed by atoms with Crippen LogP contribution in [-0.4, -0.2) is 43.6 Å². The summed E-state index contributed by atoms with van der Waals surface area (Å²) >= 11 is 0. The molecule has 2 aliphatic heterocycles. The van der Waals surface area contributed by atoms with Gasteiger partial charge in [0.05, 0.1) is 12.7 Å². The summed E-state index contributed by atoms with van der Waals surface area (Å²) in [5.74, 6) is 2.95. The number of hydrogen-bond acceptors (Lipinski definition) is 5. The summed E-state index contributed by atoms with van der Waals surface area (Å²) in [6.45, 7) is 8.55. The Hall–Kier alpha value is -1.14. The largest absolute Gasteiger partial charge is 0.469 e. The lowest BCUT2D eigenvalue weighted by Crippen LogP contribution is -2.34. The molecule has 37 heavy (non-hydrogen) atoms. The van der Waals surface area contributed by atoms with E-state index in [2.05, 4.69) is 39.0 Å². The van der Waals surface area contributed by atoms with Crippen LogP contribution in [0.5, 0.6) is 0 Å². The van der Waals surface area contributed by atoms with Gasteiger partial charge >= 0.3 is 0 Å². The number of fused-ring (bicyclic) bond motifs is 1. The fourth-order valence-electron chi connectivity index (χ4n) is 6.68. The lowest BCUT2D eigenvalue weighted by Gasteiger charge is -2.34. The van der Waals surface area contributed by atoms with Gasteiger partial charge in [0.15, 0.2) is 12.6 Å². The molecule has 210 valence electrons. The first kappa shape index (κ1) is 28.9. The third kappa shape index (κ3) is 8.68. The van der Waals surface area contributed by atoms with Crippen LogP contribution in [0, 0.1) is 23.7 Å². The summed E-state index contributed by atoms with van der Waals surface area (Å²) in [5, 5.41) is 9.57. The second-order valence-electron chi connectivity index (χ2n) is 12.1. The number of allylic oxidation sites excluding steroid dienone is 4. The number of ether oxygens (including phenoxy) is 4. The van der Waals surface area contributed by atoms with Crippen LogP contribution < -0.4 is 0 Å². The molecule has 3 fully saturated rings. The maximum atomic E-state index is 9.57. The Kier molecular flexibility index (Phi) is 11.6. The lowest BCUT2D eigenvalue weighted by molar-refractivity contribution is -0.200. The molecule has 5 nitrogen and oxygen atoms in total. The van der Waals surface area contributed by atoms with Gasteiger partial charge in [-0.1, -0.05) is 30.2 Å². The lowest BCUT2D eigenvalue weighted by atomic mass is 9.87. The molecule has 0 bridgehead atoms. The van der Waals surface area contributed by atoms with Crippen LogP contribution in [0.3, 0.4) is 0 Å². The van der Waals surface area contributed by atoms with E-state index in [4.69, 9.17) is 18.9 Å². The molecule has 4 rings (SSSR count). The van der Waals surface area contributed by atoms with Gasteiger partial charge in [0.1, 0.15) is 5.76 Å². The average Bonchev–Trinajstić information content (AvgIpc) is 3.41. The molecule has 2 saturated heterocycles. The molecule has 2 heterocycles. The van der Waals surface area contributed by atoms with Gasteiger partial charge in [-0.05, 0) is 115 Å². The highest BCUT2D eigenvalue weighted by Crippen LogP contribution is 2.52. The second-order valence-corrected chi connectivity index (χ2v) is 12.1. The SMILES string of the molecule is CC(C)=CCC[C@@H](C)CCC=C(OC1CCCCO1)[C@H]1[C@@H]2CC(CCO)=C[C@@H]2C[C@@H]1OC1CCCCO1. The van der Waals surface area contributed by atoms with E-state index in [1.807, 2.05) is 0 Å². The van der Waals surface area contributed by atoms with Crippen LogP contribution in [0.2, 0.25) is 0 Å². The molecule has 0 aromatic heterocycles. The predicted octanol–water partition coefficient (Wildman–Crippen LogP) is 7.45. The third-order valence-corrected chi connectivity index (χ3v) is 8.71. The Morgan fingerprint density at radius 3 is 2.38 bits per heavy atom. The summed E-state index contributed by atoms with van der Waals surface area (Å²) in [7, 11) is 0. The molecule has 0 radical (unpaired) electrons. The Morgan fingerprint density at radius 2 is 1.73 bits per heavy atom. The van der Waals surface area contributed by atoms with Crippen LogP contribution in [0.4, 0.5) is 0 Å². The number of aliphatic hydroxyl groups is 1. The van der Waals surface area contributed by atoms with Crippen LogP contribution in [0.1, 0.15) is 104 Å². The zero-order chi connectivity index (χ0) is 26.0. The van der Waals surface area contributed by atoms with Gasteiger partial charge in [0.2, 0.25) is 0 Å². The first-order valence-corrected chi connectivity index (χ1v) is 15.2. The first-order valence-electron chi connectivity index (χ1n) is 15.2. The first-order chi connectivity index (χ1) is 18.0. The zero-order valence-corrected chi connectivity index (χ0v) is 23.7. The van der Waals surface area contributed by atoms with Crippen molar-refractivity contribution in [3.8, 4) is 0 Å². The van der Waals surface area contributed by atoms with E-state index in [-0.39, 0.29) is 31.2 Å². The van der Waals surface area contributed by atoms with Crippen LogP contribution in [0.15, 0.2) is 35.1 Å². The highest BCUT2D eigenvalue weighted by molar-refractivity contribution is 5.23. The molecule has 0 spiro atoms. The van der Waals surface area contributed by atoms with E-state index < -0.39 is 0 Å². The summed E-state index contributed by atoms with van der Waals surface area (Å²) in [4.78, 5) is 0. The van der Waals surface area contributed by atoms with Crippen LogP contribution in [-0.2, 0) is 18.9 Å². The maximum absolute atomic E-state index is 9.57. The number of aliphatic hydroxyl groups excluding tert-OH is 1. The minimum atomic E-state index is -0.146. The smallest absolute Gasteiger partial charge is 0.199 e. The Labute approximate surface area is 225 Å². The summed E-state index contributed by atoms with van der Waals surface area (Å²) in [6, 6.07) is 0. The molecule has 5 heteroatoms. The van der Waals surface area contributed by atoms with Crippen molar-refractivity contribution in [3.05, 3.63) is 35.1 Å². The van der Waals surface area contributed by atoms with Gasteiger partial charge < -0.3 is 24.1 Å². The van der Waals surface area contributed by atoms with Crippen molar-refractivity contribution >= 4 is 0 Å². The maximum Gasteiger partial charge on any atom is 0.199 e. The van der Waals surface area contributed by atoms with Crippen molar-refractivity contribution < 1.29 is 24.1 Å². The minimum absolute atomic E-state index is 0.0942. The quantitative estimate of drug-likeness (QED) is 0.203. The van der Waals surface area contributed by atoms with E-state index in [1.54, 1.807) is 0 Å². The third-order valence-electron chi connectivity index (χ3n) is 8.71. The van der Waals surface area contributed by atoms with E-state index in [0.29, 0.717) is 17.8 Å². The Balaban J connectivity index is 1.49. The fraction of sp³-hybridized carbons (Fsp3) is 0.812. The molecule has 1 N–H and O–H groups in total. The van der Waals surface area contributed by atoms with Gasteiger partial charge in [-0.3, -0.25) is 0 Å². The molecule has 2 aliphatic carbocycles. The molecule has 0 amide bonds. The summed E-state index contributed by atoms with van der Waals surface area (Å²) in [6.07, 6.45) is 21.0. The molecule has 0 aromatic carbocycles. The van der Waals surface area contributed by atoms with Gasteiger partial charge in [-0.2, -0.15) is 0 Å². The number of hydrogen-bond donors (Lipinski definition) is 1. The fourth-order valence-corrected chi connectivity index (χ4v) is 6.68. The molecule has 2 unspecified atom stereocenters. The Morgan fingerprint density at radius 1 is 1.03 bits per heavy atom. The van der Waals surface area contributed by atoms with Crippen molar-refractivity contribution in [3.63, 3.8) is 0 Å². The van der Waals surface area contributed by atoms with Gasteiger partial charge in [-0.15, -0.1) is 0 Å². The molecular formula is C32H52O5. The topological polar surface area (TPSA) is 57.2 Å².